The number of aromatic nitrogens is 2. The molecule has 1 rings (SSSR count). The van der Waals surface area contributed by atoms with E-state index in [0.717, 1.165) is 19.4 Å². The maximum absolute atomic E-state index is 12.2. The van der Waals surface area contributed by atoms with E-state index in [1.807, 2.05) is 6.92 Å². The van der Waals surface area contributed by atoms with E-state index in [2.05, 4.69) is 12.0 Å². The number of nitrogens with two attached hydrogens (primary N) is 1. The van der Waals surface area contributed by atoms with Crippen molar-refractivity contribution < 1.29 is 4.79 Å². The molecule has 5 heteroatoms. The summed E-state index contributed by atoms with van der Waals surface area (Å²) in [6.07, 6.45) is 3.60. The molecule has 0 saturated heterocycles. The molecule has 0 bridgehead atoms. The number of carbonyl (C=O) groups excluding carboxylic acids is 1. The first kappa shape index (κ1) is 12.5. The predicted octanol–water partition coefficient (Wildman–Crippen LogP) is 1.26. The average molecular weight is 224 g/mol. The summed E-state index contributed by atoms with van der Waals surface area (Å²) in [5.41, 5.74) is 6.66. The molecule has 0 aliphatic carbocycles. The number of carbonyl (C=O) groups is 1. The van der Waals surface area contributed by atoms with Crippen LogP contribution in [0.4, 0.5) is 5.69 Å². The standard InChI is InChI=1S/C11H20N4O/c1-4-6-7-15(5-2)11(16)10-9(12)8-13-14(10)3/h8H,4-7,12H2,1-3H3. The molecule has 1 aromatic heterocycles. The molecule has 0 aliphatic rings. The molecule has 0 aromatic carbocycles. The Hall–Kier alpha value is -1.52. The molecule has 1 heterocycles. The summed E-state index contributed by atoms with van der Waals surface area (Å²) < 4.78 is 1.53. The normalized spacial score (nSPS) is 10.4. The van der Waals surface area contributed by atoms with Gasteiger partial charge in [-0.25, -0.2) is 0 Å². The Morgan fingerprint density at radius 2 is 2.25 bits per heavy atom. The maximum Gasteiger partial charge on any atom is 0.274 e. The summed E-state index contributed by atoms with van der Waals surface area (Å²) in [5.74, 6) is -0.0338. The minimum absolute atomic E-state index is 0.0338. The number of hydrogen-bond donors (Lipinski definition) is 1. The third-order valence-electron chi connectivity index (χ3n) is 2.62. The third-order valence-corrected chi connectivity index (χ3v) is 2.62. The van der Waals surface area contributed by atoms with Crippen LogP contribution in [0.2, 0.25) is 0 Å². The summed E-state index contributed by atoms with van der Waals surface area (Å²) >= 11 is 0. The number of nitrogens with zero attached hydrogens (tertiary/aromatic N) is 3. The number of aryl methyl sites for hydroxylation is 1. The molecular formula is C11H20N4O. The lowest BCUT2D eigenvalue weighted by Gasteiger charge is -2.20. The van der Waals surface area contributed by atoms with E-state index in [0.29, 0.717) is 17.9 Å². The van der Waals surface area contributed by atoms with Crippen molar-refractivity contribution in [2.45, 2.75) is 26.7 Å². The van der Waals surface area contributed by atoms with Gasteiger partial charge in [0.25, 0.3) is 5.91 Å². The van der Waals surface area contributed by atoms with Crippen LogP contribution in [-0.4, -0.2) is 33.7 Å². The van der Waals surface area contributed by atoms with Gasteiger partial charge in [-0.1, -0.05) is 13.3 Å². The van der Waals surface area contributed by atoms with Crippen molar-refractivity contribution in [1.29, 1.82) is 0 Å². The first-order valence-corrected chi connectivity index (χ1v) is 5.68. The van der Waals surface area contributed by atoms with Crippen molar-refractivity contribution in [3.05, 3.63) is 11.9 Å². The van der Waals surface area contributed by atoms with Gasteiger partial charge >= 0.3 is 0 Å². The van der Waals surface area contributed by atoms with E-state index in [9.17, 15) is 4.79 Å². The topological polar surface area (TPSA) is 64.2 Å². The Labute approximate surface area is 96.2 Å². The Morgan fingerprint density at radius 3 is 2.69 bits per heavy atom. The fourth-order valence-corrected chi connectivity index (χ4v) is 1.62. The van der Waals surface area contributed by atoms with Crippen LogP contribution in [0.25, 0.3) is 0 Å². The number of nitrogen functional groups attached to an aromatic ring is 1. The van der Waals surface area contributed by atoms with Crippen molar-refractivity contribution in [1.82, 2.24) is 14.7 Å². The van der Waals surface area contributed by atoms with Crippen LogP contribution in [0.5, 0.6) is 0 Å². The second-order valence-electron chi connectivity index (χ2n) is 3.81. The average Bonchev–Trinajstić information content (AvgIpc) is 2.59. The van der Waals surface area contributed by atoms with Crippen LogP contribution in [0, 0.1) is 0 Å². The van der Waals surface area contributed by atoms with Crippen LogP contribution in [0.1, 0.15) is 37.2 Å². The van der Waals surface area contributed by atoms with Crippen molar-refractivity contribution in [2.24, 2.45) is 7.05 Å². The lowest BCUT2D eigenvalue weighted by Crippen LogP contribution is -2.33. The summed E-state index contributed by atoms with van der Waals surface area (Å²) in [6.45, 7) is 5.55. The molecule has 5 nitrogen and oxygen atoms in total. The zero-order chi connectivity index (χ0) is 12.1. The van der Waals surface area contributed by atoms with E-state index in [4.69, 9.17) is 5.73 Å². The molecular weight excluding hydrogens is 204 g/mol. The molecule has 90 valence electrons. The van der Waals surface area contributed by atoms with Crippen molar-refractivity contribution in [2.75, 3.05) is 18.8 Å². The minimum atomic E-state index is -0.0338. The number of amides is 1. The van der Waals surface area contributed by atoms with E-state index in [1.54, 1.807) is 11.9 Å². The van der Waals surface area contributed by atoms with Gasteiger partial charge in [-0.05, 0) is 13.3 Å². The van der Waals surface area contributed by atoms with Crippen molar-refractivity contribution in [3.8, 4) is 0 Å². The van der Waals surface area contributed by atoms with Crippen LogP contribution in [-0.2, 0) is 7.05 Å². The summed E-state index contributed by atoms with van der Waals surface area (Å²) in [5, 5.41) is 3.98. The first-order valence-electron chi connectivity index (χ1n) is 5.68. The van der Waals surface area contributed by atoms with Gasteiger partial charge in [0.15, 0.2) is 0 Å². The fourth-order valence-electron chi connectivity index (χ4n) is 1.62. The number of rotatable bonds is 5. The Morgan fingerprint density at radius 1 is 1.56 bits per heavy atom. The SMILES string of the molecule is CCCCN(CC)C(=O)c1c(N)cnn1C. The zero-order valence-electron chi connectivity index (χ0n) is 10.2. The van der Waals surface area contributed by atoms with E-state index >= 15 is 0 Å². The number of hydrogen-bond acceptors (Lipinski definition) is 3. The van der Waals surface area contributed by atoms with E-state index < -0.39 is 0 Å². The Balaban J connectivity index is 2.82. The second-order valence-corrected chi connectivity index (χ2v) is 3.81. The van der Waals surface area contributed by atoms with E-state index in [-0.39, 0.29) is 5.91 Å². The highest BCUT2D eigenvalue weighted by Crippen LogP contribution is 2.12. The molecule has 1 aromatic rings. The minimum Gasteiger partial charge on any atom is -0.396 e. The number of unbranched alkanes of at least 4 members (excludes halogenated alkanes) is 1. The van der Waals surface area contributed by atoms with Gasteiger partial charge in [-0.3, -0.25) is 9.48 Å². The van der Waals surface area contributed by atoms with Gasteiger partial charge in [0.2, 0.25) is 0 Å². The molecule has 0 aliphatic heterocycles. The van der Waals surface area contributed by atoms with Crippen LogP contribution in [0.15, 0.2) is 6.20 Å². The quantitative estimate of drug-likeness (QED) is 0.819. The van der Waals surface area contributed by atoms with Gasteiger partial charge in [0.1, 0.15) is 5.69 Å². The largest absolute Gasteiger partial charge is 0.396 e. The summed E-state index contributed by atoms with van der Waals surface area (Å²) in [6, 6.07) is 0. The summed E-state index contributed by atoms with van der Waals surface area (Å²) in [7, 11) is 1.73. The monoisotopic (exact) mass is 224 g/mol. The Kier molecular flexibility index (Phi) is 4.34. The predicted molar refractivity (Wildman–Crippen MR) is 64.1 cm³/mol. The molecule has 0 fully saturated rings. The fraction of sp³-hybridized carbons (Fsp3) is 0.636. The molecule has 0 atom stereocenters. The van der Waals surface area contributed by atoms with Gasteiger partial charge in [0, 0.05) is 20.1 Å². The molecule has 0 unspecified atom stereocenters. The molecule has 16 heavy (non-hydrogen) atoms. The van der Waals surface area contributed by atoms with Crippen LogP contribution < -0.4 is 5.73 Å². The maximum atomic E-state index is 12.2. The second kappa shape index (κ2) is 5.53. The number of anilines is 1. The zero-order valence-corrected chi connectivity index (χ0v) is 10.2. The van der Waals surface area contributed by atoms with E-state index in [1.165, 1.54) is 10.9 Å². The van der Waals surface area contributed by atoms with Crippen molar-refractivity contribution >= 4 is 11.6 Å². The highest BCUT2D eigenvalue weighted by Gasteiger charge is 2.19. The summed E-state index contributed by atoms with van der Waals surface area (Å²) in [4.78, 5) is 14.0. The molecule has 1 amide bonds. The molecule has 0 spiro atoms. The third kappa shape index (κ3) is 2.53. The lowest BCUT2D eigenvalue weighted by molar-refractivity contribution is 0.0752. The highest BCUT2D eigenvalue weighted by molar-refractivity contribution is 5.97. The van der Waals surface area contributed by atoms with Gasteiger partial charge in [-0.15, -0.1) is 0 Å². The molecule has 0 saturated carbocycles. The van der Waals surface area contributed by atoms with Crippen LogP contribution in [0.3, 0.4) is 0 Å². The van der Waals surface area contributed by atoms with Crippen molar-refractivity contribution in [3.63, 3.8) is 0 Å². The first-order chi connectivity index (χ1) is 7.61. The highest BCUT2D eigenvalue weighted by atomic mass is 16.2. The smallest absolute Gasteiger partial charge is 0.274 e. The lowest BCUT2D eigenvalue weighted by atomic mass is 10.2. The van der Waals surface area contributed by atoms with Gasteiger partial charge in [-0.2, -0.15) is 5.10 Å². The molecule has 0 radical (unpaired) electrons. The van der Waals surface area contributed by atoms with Gasteiger partial charge in [0.05, 0.1) is 11.9 Å². The Bertz CT molecular complexity index is 339. The van der Waals surface area contributed by atoms with Gasteiger partial charge < -0.3 is 10.6 Å². The molecule has 2 N–H and O–H groups in total. The van der Waals surface area contributed by atoms with Crippen LogP contribution >= 0.6 is 0 Å².